The first kappa shape index (κ1) is 21.4. The number of ether oxygens (including phenoxy) is 1. The molecular weight excluding hydrogens is 368 g/mol. The van der Waals surface area contributed by atoms with E-state index in [4.69, 9.17) is 19.3 Å². The summed E-state index contributed by atoms with van der Waals surface area (Å²) in [6.07, 6.45) is 1.39. The molecule has 4 nitrogen and oxygen atoms in total. The monoisotopic (exact) mass is 395 g/mol. The van der Waals surface area contributed by atoms with Crippen molar-refractivity contribution in [3.8, 4) is 11.8 Å². The fourth-order valence-corrected chi connectivity index (χ4v) is 3.60. The summed E-state index contributed by atoms with van der Waals surface area (Å²) in [4.78, 5) is 0. The summed E-state index contributed by atoms with van der Waals surface area (Å²) < 4.78 is 31.7. The Bertz CT molecular complexity index is 889. The van der Waals surface area contributed by atoms with E-state index < -0.39 is 0 Å². The topological polar surface area (TPSA) is 51.5 Å². The Labute approximate surface area is 172 Å². The Morgan fingerprint density at radius 3 is 2.14 bits per heavy atom. The van der Waals surface area contributed by atoms with Crippen LogP contribution in [0.5, 0.6) is 5.75 Å². The predicted octanol–water partition coefficient (Wildman–Crippen LogP) is 5.32. The molecular formula is C23H27BFNO3. The van der Waals surface area contributed by atoms with Crippen LogP contribution in [-0.4, -0.2) is 25.4 Å². The van der Waals surface area contributed by atoms with Crippen molar-refractivity contribution in [1.29, 1.82) is 5.26 Å². The van der Waals surface area contributed by atoms with Crippen LogP contribution < -0.4 is 4.74 Å². The third-order valence-electron chi connectivity index (χ3n) is 6.01. The Hall–Kier alpha value is -2.36. The van der Waals surface area contributed by atoms with Gasteiger partial charge in [-0.2, -0.15) is 5.26 Å². The first-order chi connectivity index (χ1) is 13.7. The summed E-state index contributed by atoms with van der Waals surface area (Å²) in [7, 11) is 1.14. The van der Waals surface area contributed by atoms with Crippen molar-refractivity contribution in [2.24, 2.45) is 0 Å². The van der Waals surface area contributed by atoms with E-state index >= 15 is 0 Å². The molecule has 1 aliphatic rings. The average Bonchev–Trinajstić information content (AvgIpc) is 2.89. The van der Waals surface area contributed by atoms with Crippen LogP contribution in [0.25, 0.3) is 0 Å². The summed E-state index contributed by atoms with van der Waals surface area (Å²) in [5.74, 6) is -0.222. The number of methoxy groups -OCH3 is 1. The van der Waals surface area contributed by atoms with E-state index in [1.54, 1.807) is 18.2 Å². The average molecular weight is 395 g/mol. The molecule has 6 heteroatoms. The highest BCUT2D eigenvalue weighted by Gasteiger charge is 2.50. The number of hydrogen-bond donors (Lipinski definition) is 0. The van der Waals surface area contributed by atoms with E-state index in [1.807, 2.05) is 45.9 Å². The first-order valence-corrected chi connectivity index (χ1v) is 9.86. The Balaban J connectivity index is 1.85. The molecule has 0 aromatic heterocycles. The normalized spacial score (nSPS) is 18.3. The maximum atomic E-state index is 14.4. The zero-order valence-corrected chi connectivity index (χ0v) is 17.7. The highest BCUT2D eigenvalue weighted by molar-refractivity contribution is 6.45. The molecule has 2 aromatic carbocycles. The number of hydrogen-bond acceptors (Lipinski definition) is 4. The standard InChI is InChI=1S/C23H27BFNO3/c1-22(2)23(3,4)29-24(28-22)13-12-19(17-8-6-16(15-26)7-9-17)18-10-11-21(27-5)20(25)14-18/h6-11,14,19H,12-13H2,1-5H3. The van der Waals surface area contributed by atoms with Gasteiger partial charge < -0.3 is 14.0 Å². The Morgan fingerprint density at radius 1 is 1.03 bits per heavy atom. The smallest absolute Gasteiger partial charge is 0.457 e. The van der Waals surface area contributed by atoms with Gasteiger partial charge in [0, 0.05) is 5.92 Å². The van der Waals surface area contributed by atoms with Gasteiger partial charge in [0.25, 0.3) is 0 Å². The van der Waals surface area contributed by atoms with Gasteiger partial charge >= 0.3 is 7.12 Å². The third kappa shape index (κ3) is 4.47. The molecule has 0 radical (unpaired) electrons. The fraction of sp³-hybridized carbons (Fsp3) is 0.435. The molecule has 2 aromatic rings. The summed E-state index contributed by atoms with van der Waals surface area (Å²) in [5.41, 5.74) is 1.70. The highest BCUT2D eigenvalue weighted by atomic mass is 19.1. The lowest BCUT2D eigenvalue weighted by atomic mass is 9.76. The van der Waals surface area contributed by atoms with E-state index in [2.05, 4.69) is 6.07 Å². The molecule has 0 spiro atoms. The molecule has 29 heavy (non-hydrogen) atoms. The van der Waals surface area contributed by atoms with Gasteiger partial charge in [-0.1, -0.05) is 18.2 Å². The summed E-state index contributed by atoms with van der Waals surface area (Å²) in [5, 5.41) is 9.08. The van der Waals surface area contributed by atoms with Gasteiger partial charge in [0.1, 0.15) is 0 Å². The van der Waals surface area contributed by atoms with Crippen LogP contribution in [-0.2, 0) is 9.31 Å². The summed E-state index contributed by atoms with van der Waals surface area (Å²) in [6, 6.07) is 14.6. The van der Waals surface area contributed by atoms with Gasteiger partial charge in [0.2, 0.25) is 0 Å². The molecule has 1 fully saturated rings. The van der Waals surface area contributed by atoms with E-state index in [0.29, 0.717) is 18.3 Å². The number of nitrogens with zero attached hydrogens (tertiary/aromatic N) is 1. The van der Waals surface area contributed by atoms with Gasteiger partial charge in [0.15, 0.2) is 11.6 Å². The first-order valence-electron chi connectivity index (χ1n) is 9.86. The van der Waals surface area contributed by atoms with Crippen LogP contribution in [0.2, 0.25) is 6.32 Å². The van der Waals surface area contributed by atoms with Crippen molar-refractivity contribution in [1.82, 2.24) is 0 Å². The maximum Gasteiger partial charge on any atom is 0.457 e. The molecule has 0 amide bonds. The van der Waals surface area contributed by atoms with E-state index in [-0.39, 0.29) is 35.8 Å². The minimum absolute atomic E-state index is 0.0535. The summed E-state index contributed by atoms with van der Waals surface area (Å²) in [6.45, 7) is 8.13. The third-order valence-corrected chi connectivity index (χ3v) is 6.01. The van der Waals surface area contributed by atoms with Crippen molar-refractivity contribution < 1.29 is 18.4 Å². The maximum absolute atomic E-state index is 14.4. The number of halogens is 1. The van der Waals surface area contributed by atoms with E-state index in [1.165, 1.54) is 13.2 Å². The lowest BCUT2D eigenvalue weighted by Crippen LogP contribution is -2.41. The van der Waals surface area contributed by atoms with E-state index in [0.717, 1.165) is 11.1 Å². The zero-order chi connectivity index (χ0) is 21.2. The number of nitriles is 1. The van der Waals surface area contributed by atoms with Crippen LogP contribution in [0.4, 0.5) is 4.39 Å². The lowest BCUT2D eigenvalue weighted by Gasteiger charge is -2.32. The van der Waals surface area contributed by atoms with Crippen molar-refractivity contribution in [2.75, 3.05) is 7.11 Å². The molecule has 1 heterocycles. The Kier molecular flexibility index (Phi) is 6.02. The van der Waals surface area contributed by atoms with Crippen molar-refractivity contribution >= 4 is 7.12 Å². The number of benzene rings is 2. The fourth-order valence-electron chi connectivity index (χ4n) is 3.60. The van der Waals surface area contributed by atoms with Gasteiger partial charge in [-0.05, 0) is 75.8 Å². The molecule has 3 rings (SSSR count). The number of rotatable bonds is 6. The SMILES string of the molecule is COc1ccc(C(CCB2OC(C)(C)C(C)(C)O2)c2ccc(C#N)cc2)cc1F. The van der Waals surface area contributed by atoms with Gasteiger partial charge in [-0.3, -0.25) is 0 Å². The van der Waals surface area contributed by atoms with Gasteiger partial charge in [0.05, 0.1) is 29.9 Å². The molecule has 0 aliphatic carbocycles. The van der Waals surface area contributed by atoms with Crippen molar-refractivity contribution in [3.63, 3.8) is 0 Å². The molecule has 1 unspecified atom stereocenters. The predicted molar refractivity (Wildman–Crippen MR) is 111 cm³/mol. The molecule has 1 aliphatic heterocycles. The zero-order valence-electron chi connectivity index (χ0n) is 17.7. The van der Waals surface area contributed by atoms with Gasteiger partial charge in [-0.25, -0.2) is 4.39 Å². The lowest BCUT2D eigenvalue weighted by molar-refractivity contribution is 0.00578. The van der Waals surface area contributed by atoms with Crippen LogP contribution in [0.3, 0.4) is 0 Å². The molecule has 0 saturated carbocycles. The van der Waals surface area contributed by atoms with Crippen LogP contribution in [0.1, 0.15) is 56.7 Å². The van der Waals surface area contributed by atoms with Crippen LogP contribution >= 0.6 is 0 Å². The second-order valence-corrected chi connectivity index (χ2v) is 8.44. The second kappa shape index (κ2) is 8.18. The van der Waals surface area contributed by atoms with Gasteiger partial charge in [-0.15, -0.1) is 0 Å². The largest absolute Gasteiger partial charge is 0.494 e. The molecule has 0 bridgehead atoms. The quantitative estimate of drug-likeness (QED) is 0.622. The second-order valence-electron chi connectivity index (χ2n) is 8.44. The minimum Gasteiger partial charge on any atom is -0.494 e. The molecule has 1 atom stereocenters. The summed E-state index contributed by atoms with van der Waals surface area (Å²) >= 11 is 0. The Morgan fingerprint density at radius 2 is 1.62 bits per heavy atom. The van der Waals surface area contributed by atoms with Crippen molar-refractivity contribution in [3.05, 3.63) is 65.0 Å². The van der Waals surface area contributed by atoms with E-state index in [9.17, 15) is 4.39 Å². The highest BCUT2D eigenvalue weighted by Crippen LogP contribution is 2.40. The van der Waals surface area contributed by atoms with Crippen LogP contribution in [0.15, 0.2) is 42.5 Å². The molecule has 152 valence electrons. The van der Waals surface area contributed by atoms with Crippen molar-refractivity contribution in [2.45, 2.75) is 57.6 Å². The van der Waals surface area contributed by atoms with Crippen LogP contribution in [0, 0.1) is 17.1 Å². The molecule has 0 N–H and O–H groups in total. The molecule has 1 saturated heterocycles. The minimum atomic E-state index is -0.390.